The zero-order chi connectivity index (χ0) is 24.3. The molecule has 1 fully saturated rings. The normalized spacial score (nSPS) is 15.1. The predicted octanol–water partition coefficient (Wildman–Crippen LogP) is 2.74. The first kappa shape index (κ1) is 24.4. The van der Waals surface area contributed by atoms with Crippen LogP contribution in [0.5, 0.6) is 0 Å². The maximum absolute atomic E-state index is 12.9. The molecule has 0 saturated carbocycles. The topological polar surface area (TPSA) is 92.6 Å². The van der Waals surface area contributed by atoms with Gasteiger partial charge in [-0.05, 0) is 37.6 Å². The molecule has 10 heteroatoms. The van der Waals surface area contributed by atoms with Crippen LogP contribution in [0.4, 0.5) is 0 Å². The highest BCUT2D eigenvalue weighted by atomic mass is 32.2. The van der Waals surface area contributed by atoms with Crippen molar-refractivity contribution in [3.8, 4) is 0 Å². The van der Waals surface area contributed by atoms with Crippen LogP contribution in [-0.2, 0) is 21.4 Å². The summed E-state index contributed by atoms with van der Waals surface area (Å²) in [5, 5.41) is 1.09. The highest BCUT2D eigenvalue weighted by molar-refractivity contribution is 7.99. The Balaban J connectivity index is 1.41. The summed E-state index contributed by atoms with van der Waals surface area (Å²) in [5.74, 6) is 0.0435. The van der Waals surface area contributed by atoms with Crippen LogP contribution in [0.3, 0.4) is 0 Å². The molecule has 4 rings (SSSR count). The molecule has 0 N–H and O–H groups in total. The van der Waals surface area contributed by atoms with E-state index in [-0.39, 0.29) is 35.2 Å². The molecule has 2 aromatic carbocycles. The molecule has 180 valence electrons. The summed E-state index contributed by atoms with van der Waals surface area (Å²) in [7, 11) is -3.58. The molecule has 1 aliphatic rings. The van der Waals surface area contributed by atoms with E-state index in [1.165, 1.54) is 16.1 Å². The fourth-order valence-corrected chi connectivity index (χ4v) is 6.28. The molecule has 0 bridgehead atoms. The highest BCUT2D eigenvalue weighted by Gasteiger charge is 2.30. The summed E-state index contributed by atoms with van der Waals surface area (Å²) in [6, 6.07) is 14.0. The van der Waals surface area contributed by atoms with Crippen molar-refractivity contribution in [2.75, 3.05) is 31.9 Å². The van der Waals surface area contributed by atoms with Crippen LogP contribution in [0.15, 0.2) is 63.4 Å². The van der Waals surface area contributed by atoms with E-state index in [2.05, 4.69) is 4.98 Å². The first-order chi connectivity index (χ1) is 16.3. The summed E-state index contributed by atoms with van der Waals surface area (Å²) < 4.78 is 28.9. The van der Waals surface area contributed by atoms with Crippen molar-refractivity contribution in [2.45, 2.75) is 36.9 Å². The Labute approximate surface area is 203 Å². The average molecular weight is 501 g/mol. The zero-order valence-corrected chi connectivity index (χ0v) is 20.9. The lowest BCUT2D eigenvalue weighted by atomic mass is 10.2. The molecular weight excluding hydrogens is 472 g/mol. The van der Waals surface area contributed by atoms with Crippen LogP contribution >= 0.6 is 11.8 Å². The van der Waals surface area contributed by atoms with Gasteiger partial charge in [0.15, 0.2) is 5.16 Å². The SMILES string of the molecule is CCCn1c(SCC(=O)N2CCN(S(=O)(=O)c3ccc(C)cc3)CC2)nc2ccccc2c1=O. The number of hydrogen-bond donors (Lipinski definition) is 0. The van der Waals surface area contributed by atoms with Gasteiger partial charge in [-0.25, -0.2) is 13.4 Å². The second-order valence-electron chi connectivity index (χ2n) is 8.25. The number of rotatable bonds is 7. The van der Waals surface area contributed by atoms with Crippen molar-refractivity contribution in [2.24, 2.45) is 0 Å². The Bertz CT molecular complexity index is 1350. The van der Waals surface area contributed by atoms with Crippen LogP contribution in [0, 0.1) is 6.92 Å². The fraction of sp³-hybridized carbons (Fsp3) is 0.375. The number of aromatic nitrogens is 2. The molecule has 3 aromatic rings. The van der Waals surface area contributed by atoms with Gasteiger partial charge < -0.3 is 4.90 Å². The number of sulfonamides is 1. The third-order valence-corrected chi connectivity index (χ3v) is 8.72. The molecule has 0 aliphatic carbocycles. The summed E-state index contributed by atoms with van der Waals surface area (Å²) in [5.41, 5.74) is 1.51. The highest BCUT2D eigenvalue weighted by Crippen LogP contribution is 2.21. The Morgan fingerprint density at radius 3 is 2.38 bits per heavy atom. The van der Waals surface area contributed by atoms with Gasteiger partial charge in [0.05, 0.1) is 21.6 Å². The standard InChI is InChI=1S/C24H28N4O4S2/c1-3-12-28-23(30)20-6-4-5-7-21(20)25-24(28)33-17-22(29)26-13-15-27(16-14-26)34(31,32)19-10-8-18(2)9-11-19/h4-11H,3,12-17H2,1-2H3. The Kier molecular flexibility index (Phi) is 7.39. The van der Waals surface area contributed by atoms with Gasteiger partial charge in [-0.2, -0.15) is 4.31 Å². The van der Waals surface area contributed by atoms with Crippen molar-refractivity contribution in [3.05, 3.63) is 64.4 Å². The van der Waals surface area contributed by atoms with Gasteiger partial charge in [-0.15, -0.1) is 0 Å². The molecule has 1 amide bonds. The van der Waals surface area contributed by atoms with E-state index in [1.54, 1.807) is 45.9 Å². The molecule has 1 aliphatic heterocycles. The monoisotopic (exact) mass is 500 g/mol. The van der Waals surface area contributed by atoms with Gasteiger partial charge >= 0.3 is 0 Å². The molecule has 1 saturated heterocycles. The minimum absolute atomic E-state index is 0.0946. The second kappa shape index (κ2) is 10.3. The van der Waals surface area contributed by atoms with E-state index in [4.69, 9.17) is 0 Å². The van der Waals surface area contributed by atoms with Crippen LogP contribution < -0.4 is 5.56 Å². The van der Waals surface area contributed by atoms with Crippen molar-refractivity contribution in [1.29, 1.82) is 0 Å². The van der Waals surface area contributed by atoms with E-state index < -0.39 is 10.0 Å². The number of amides is 1. The lowest BCUT2D eigenvalue weighted by molar-refractivity contribution is -0.129. The van der Waals surface area contributed by atoms with E-state index >= 15 is 0 Å². The van der Waals surface area contributed by atoms with Crippen LogP contribution in [0.2, 0.25) is 0 Å². The third kappa shape index (κ3) is 5.03. The van der Waals surface area contributed by atoms with Gasteiger partial charge in [0.2, 0.25) is 15.9 Å². The third-order valence-electron chi connectivity index (χ3n) is 5.85. The maximum atomic E-state index is 12.9. The summed E-state index contributed by atoms with van der Waals surface area (Å²) in [4.78, 5) is 32.3. The van der Waals surface area contributed by atoms with E-state index in [0.717, 1.165) is 12.0 Å². The van der Waals surface area contributed by atoms with E-state index in [1.807, 2.05) is 26.0 Å². The van der Waals surface area contributed by atoms with Gasteiger partial charge in [0, 0.05) is 32.7 Å². The summed E-state index contributed by atoms with van der Waals surface area (Å²) in [6.07, 6.45) is 0.777. The van der Waals surface area contributed by atoms with E-state index in [9.17, 15) is 18.0 Å². The van der Waals surface area contributed by atoms with Gasteiger partial charge in [-0.3, -0.25) is 14.2 Å². The number of fused-ring (bicyclic) bond motifs is 1. The first-order valence-corrected chi connectivity index (χ1v) is 13.7. The minimum atomic E-state index is -3.58. The summed E-state index contributed by atoms with van der Waals surface area (Å²) in [6.45, 7) is 5.60. The lowest BCUT2D eigenvalue weighted by Gasteiger charge is -2.34. The molecule has 34 heavy (non-hydrogen) atoms. The fourth-order valence-electron chi connectivity index (χ4n) is 3.93. The number of piperazine rings is 1. The molecular formula is C24H28N4O4S2. The van der Waals surface area contributed by atoms with Crippen LogP contribution in [-0.4, -0.2) is 65.0 Å². The van der Waals surface area contributed by atoms with Gasteiger partial charge in [0.25, 0.3) is 5.56 Å². The number of thioether (sulfide) groups is 1. The molecule has 0 spiro atoms. The van der Waals surface area contributed by atoms with E-state index in [0.29, 0.717) is 35.7 Å². The number of nitrogens with zero attached hydrogens (tertiary/aromatic N) is 4. The molecule has 0 radical (unpaired) electrons. The second-order valence-corrected chi connectivity index (χ2v) is 11.1. The van der Waals surface area contributed by atoms with Crippen molar-refractivity contribution >= 4 is 38.6 Å². The maximum Gasteiger partial charge on any atom is 0.262 e. The summed E-state index contributed by atoms with van der Waals surface area (Å²) >= 11 is 1.25. The molecule has 0 atom stereocenters. The number of carbonyl (C=O) groups is 1. The van der Waals surface area contributed by atoms with Crippen molar-refractivity contribution in [3.63, 3.8) is 0 Å². The van der Waals surface area contributed by atoms with Crippen LogP contribution in [0.1, 0.15) is 18.9 Å². The lowest BCUT2D eigenvalue weighted by Crippen LogP contribution is -2.51. The number of benzene rings is 2. The molecule has 0 unspecified atom stereocenters. The van der Waals surface area contributed by atoms with Gasteiger partial charge in [0.1, 0.15) is 0 Å². The molecule has 1 aromatic heterocycles. The Hall–Kier alpha value is -2.69. The zero-order valence-electron chi connectivity index (χ0n) is 19.3. The average Bonchev–Trinajstić information content (AvgIpc) is 2.85. The number of hydrogen-bond acceptors (Lipinski definition) is 6. The molecule has 8 nitrogen and oxygen atoms in total. The van der Waals surface area contributed by atoms with Crippen LogP contribution in [0.25, 0.3) is 10.9 Å². The largest absolute Gasteiger partial charge is 0.339 e. The predicted molar refractivity (Wildman–Crippen MR) is 134 cm³/mol. The number of carbonyl (C=O) groups excluding carboxylic acids is 1. The minimum Gasteiger partial charge on any atom is -0.339 e. The smallest absolute Gasteiger partial charge is 0.262 e. The Morgan fingerprint density at radius 2 is 1.71 bits per heavy atom. The number of aryl methyl sites for hydroxylation is 1. The van der Waals surface area contributed by atoms with Crippen molar-refractivity contribution < 1.29 is 13.2 Å². The molecule has 2 heterocycles. The number of para-hydroxylation sites is 1. The van der Waals surface area contributed by atoms with Crippen molar-refractivity contribution in [1.82, 2.24) is 18.8 Å². The van der Waals surface area contributed by atoms with Gasteiger partial charge in [-0.1, -0.05) is 48.5 Å². The quantitative estimate of drug-likeness (QED) is 0.366. The Morgan fingerprint density at radius 1 is 1.03 bits per heavy atom. The first-order valence-electron chi connectivity index (χ1n) is 11.3.